The molecule has 7 heteroatoms. The molecule has 1 amide bonds. The zero-order chi connectivity index (χ0) is 13.8. The molecule has 0 radical (unpaired) electrons. The van der Waals surface area contributed by atoms with Crippen LogP contribution in [0.5, 0.6) is 0 Å². The van der Waals surface area contributed by atoms with Crippen molar-refractivity contribution in [2.75, 3.05) is 43.4 Å². The fraction of sp³-hybridized carbons (Fsp3) is 0.500. The maximum absolute atomic E-state index is 11.9. The minimum absolute atomic E-state index is 0.206. The van der Waals surface area contributed by atoms with Gasteiger partial charge in [-0.2, -0.15) is 5.26 Å². The van der Waals surface area contributed by atoms with Crippen LogP contribution in [-0.2, 0) is 0 Å². The van der Waals surface area contributed by atoms with Crippen LogP contribution < -0.4 is 21.3 Å². The molecule has 0 bridgehead atoms. The summed E-state index contributed by atoms with van der Waals surface area (Å²) in [6, 6.07) is 2.12. The van der Waals surface area contributed by atoms with E-state index in [0.29, 0.717) is 22.7 Å². The summed E-state index contributed by atoms with van der Waals surface area (Å²) in [5.41, 5.74) is 6.66. The number of piperazine rings is 1. The Morgan fingerprint density at radius 3 is 2.84 bits per heavy atom. The first kappa shape index (κ1) is 13.6. The molecule has 1 fully saturated rings. The van der Waals surface area contributed by atoms with E-state index in [1.54, 1.807) is 0 Å². The first-order valence-corrected chi connectivity index (χ1v) is 7.06. The highest BCUT2D eigenvalue weighted by atomic mass is 32.1. The second kappa shape index (κ2) is 5.91. The van der Waals surface area contributed by atoms with Crippen LogP contribution in [0.3, 0.4) is 0 Å². The standard InChI is InChI=1S/C12H17N5OS/c1-2-16-11(18)10-9(14)8(7-13)12(19-10)17-5-3-15-4-6-17/h15H,2-6,14H2,1H3,(H,16,18). The van der Waals surface area contributed by atoms with Gasteiger partial charge in [-0.25, -0.2) is 0 Å². The molecule has 6 nitrogen and oxygen atoms in total. The average molecular weight is 279 g/mol. The smallest absolute Gasteiger partial charge is 0.263 e. The summed E-state index contributed by atoms with van der Waals surface area (Å²) >= 11 is 1.30. The molecular formula is C12H17N5OS. The Hall–Kier alpha value is -1.78. The van der Waals surface area contributed by atoms with Gasteiger partial charge < -0.3 is 21.3 Å². The Balaban J connectivity index is 2.35. The van der Waals surface area contributed by atoms with Gasteiger partial charge in [0, 0.05) is 32.7 Å². The van der Waals surface area contributed by atoms with Crippen molar-refractivity contribution >= 4 is 27.9 Å². The average Bonchev–Trinajstić information content (AvgIpc) is 2.77. The summed E-state index contributed by atoms with van der Waals surface area (Å²) in [4.78, 5) is 14.5. The normalized spacial score (nSPS) is 15.1. The second-order valence-electron chi connectivity index (χ2n) is 4.23. The molecule has 0 unspecified atom stereocenters. The van der Waals surface area contributed by atoms with Gasteiger partial charge in [-0.1, -0.05) is 0 Å². The molecule has 19 heavy (non-hydrogen) atoms. The molecule has 2 heterocycles. The number of nitrogen functional groups attached to an aromatic ring is 1. The number of nitrogens with one attached hydrogen (secondary N) is 2. The van der Waals surface area contributed by atoms with Gasteiger partial charge in [0.15, 0.2) is 0 Å². The van der Waals surface area contributed by atoms with E-state index in [9.17, 15) is 10.1 Å². The third-order valence-corrected chi connectivity index (χ3v) is 4.25. The monoisotopic (exact) mass is 279 g/mol. The van der Waals surface area contributed by atoms with Crippen molar-refractivity contribution in [1.29, 1.82) is 5.26 Å². The first-order chi connectivity index (χ1) is 9.19. The van der Waals surface area contributed by atoms with Crippen LogP contribution in [0, 0.1) is 11.3 Å². The Morgan fingerprint density at radius 1 is 1.58 bits per heavy atom. The van der Waals surface area contributed by atoms with Crippen LogP contribution in [0.2, 0.25) is 0 Å². The van der Waals surface area contributed by atoms with Gasteiger partial charge in [-0.3, -0.25) is 4.79 Å². The number of amides is 1. The van der Waals surface area contributed by atoms with Crippen molar-refractivity contribution in [3.05, 3.63) is 10.4 Å². The van der Waals surface area contributed by atoms with Gasteiger partial charge in [0.05, 0.1) is 5.69 Å². The maximum atomic E-state index is 11.9. The molecular weight excluding hydrogens is 262 g/mol. The molecule has 1 aliphatic rings. The van der Waals surface area contributed by atoms with Crippen LogP contribution >= 0.6 is 11.3 Å². The summed E-state index contributed by atoms with van der Waals surface area (Å²) in [5, 5.41) is 16.0. The Bertz CT molecular complexity index is 513. The van der Waals surface area contributed by atoms with Gasteiger partial charge in [0.25, 0.3) is 5.91 Å². The van der Waals surface area contributed by atoms with Gasteiger partial charge in [0.2, 0.25) is 0 Å². The third kappa shape index (κ3) is 2.64. The zero-order valence-corrected chi connectivity index (χ0v) is 11.6. The van der Waals surface area contributed by atoms with E-state index in [1.807, 2.05) is 6.92 Å². The predicted octanol–water partition coefficient (Wildman–Crippen LogP) is 0.361. The van der Waals surface area contributed by atoms with Crippen molar-refractivity contribution in [3.8, 4) is 6.07 Å². The van der Waals surface area contributed by atoms with Crippen molar-refractivity contribution in [2.24, 2.45) is 0 Å². The van der Waals surface area contributed by atoms with E-state index in [1.165, 1.54) is 11.3 Å². The van der Waals surface area contributed by atoms with E-state index >= 15 is 0 Å². The Kier molecular flexibility index (Phi) is 4.24. The van der Waals surface area contributed by atoms with E-state index in [-0.39, 0.29) is 5.91 Å². The van der Waals surface area contributed by atoms with E-state index in [0.717, 1.165) is 31.2 Å². The second-order valence-corrected chi connectivity index (χ2v) is 5.23. The van der Waals surface area contributed by atoms with Crippen LogP contribution in [0.15, 0.2) is 0 Å². The van der Waals surface area contributed by atoms with Gasteiger partial charge in [-0.05, 0) is 6.92 Å². The van der Waals surface area contributed by atoms with Crippen LogP contribution in [0.1, 0.15) is 22.2 Å². The van der Waals surface area contributed by atoms with E-state index in [4.69, 9.17) is 5.73 Å². The first-order valence-electron chi connectivity index (χ1n) is 6.25. The number of nitriles is 1. The molecule has 1 aliphatic heterocycles. The molecule has 102 valence electrons. The highest BCUT2D eigenvalue weighted by molar-refractivity contribution is 7.19. The summed E-state index contributed by atoms with van der Waals surface area (Å²) in [5.74, 6) is -0.206. The highest BCUT2D eigenvalue weighted by Gasteiger charge is 2.24. The minimum atomic E-state index is -0.206. The number of anilines is 2. The largest absolute Gasteiger partial charge is 0.396 e. The van der Waals surface area contributed by atoms with Crippen molar-refractivity contribution in [1.82, 2.24) is 10.6 Å². The maximum Gasteiger partial charge on any atom is 0.263 e. The fourth-order valence-corrected chi connectivity index (χ4v) is 3.18. The zero-order valence-electron chi connectivity index (χ0n) is 10.8. The molecule has 1 aromatic rings. The highest BCUT2D eigenvalue weighted by Crippen LogP contribution is 2.37. The summed E-state index contributed by atoms with van der Waals surface area (Å²) in [7, 11) is 0. The Labute approximate surface area is 116 Å². The topological polar surface area (TPSA) is 94.2 Å². The molecule has 1 aromatic heterocycles. The minimum Gasteiger partial charge on any atom is -0.396 e. The van der Waals surface area contributed by atoms with Crippen LogP contribution in [0.25, 0.3) is 0 Å². The number of thiophene rings is 1. The lowest BCUT2D eigenvalue weighted by Gasteiger charge is -2.28. The molecule has 2 rings (SSSR count). The third-order valence-electron chi connectivity index (χ3n) is 2.99. The predicted molar refractivity (Wildman–Crippen MR) is 76.5 cm³/mol. The van der Waals surface area contributed by atoms with Crippen molar-refractivity contribution < 1.29 is 4.79 Å². The van der Waals surface area contributed by atoms with E-state index in [2.05, 4.69) is 21.6 Å². The van der Waals surface area contributed by atoms with Gasteiger partial charge in [0.1, 0.15) is 21.5 Å². The van der Waals surface area contributed by atoms with Crippen molar-refractivity contribution in [3.63, 3.8) is 0 Å². The number of nitrogens with zero attached hydrogens (tertiary/aromatic N) is 2. The van der Waals surface area contributed by atoms with Crippen molar-refractivity contribution in [2.45, 2.75) is 6.92 Å². The number of hydrogen-bond donors (Lipinski definition) is 3. The fourth-order valence-electron chi connectivity index (χ4n) is 2.04. The summed E-state index contributed by atoms with van der Waals surface area (Å²) < 4.78 is 0. The number of rotatable bonds is 3. The van der Waals surface area contributed by atoms with Gasteiger partial charge >= 0.3 is 0 Å². The van der Waals surface area contributed by atoms with E-state index < -0.39 is 0 Å². The van der Waals surface area contributed by atoms with Gasteiger partial charge in [-0.15, -0.1) is 11.3 Å². The summed E-state index contributed by atoms with van der Waals surface area (Å²) in [6.45, 7) is 5.79. The SMILES string of the molecule is CCNC(=O)c1sc(N2CCNCC2)c(C#N)c1N. The summed E-state index contributed by atoms with van der Waals surface area (Å²) in [6.07, 6.45) is 0. The lowest BCUT2D eigenvalue weighted by atomic mass is 10.2. The number of nitrogens with two attached hydrogens (primary N) is 1. The quantitative estimate of drug-likeness (QED) is 0.743. The molecule has 1 saturated heterocycles. The molecule has 0 aromatic carbocycles. The number of carbonyl (C=O) groups is 1. The number of hydrogen-bond acceptors (Lipinski definition) is 6. The molecule has 4 N–H and O–H groups in total. The lowest BCUT2D eigenvalue weighted by molar-refractivity contribution is 0.0960. The lowest BCUT2D eigenvalue weighted by Crippen LogP contribution is -2.43. The molecule has 0 saturated carbocycles. The van der Waals surface area contributed by atoms with Crippen LogP contribution in [0.4, 0.5) is 10.7 Å². The molecule has 0 atom stereocenters. The Morgan fingerprint density at radius 2 is 2.26 bits per heavy atom. The number of carbonyl (C=O) groups excluding carboxylic acids is 1. The molecule has 0 spiro atoms. The van der Waals surface area contributed by atoms with Crippen LogP contribution in [-0.4, -0.2) is 38.6 Å². The molecule has 0 aliphatic carbocycles.